The SMILES string of the molecule is O=C(O)c1nc(NCc2ccc(Cl)s2)c2ccccc2n1. The molecule has 3 rings (SSSR count). The van der Waals surface area contributed by atoms with Crippen LogP contribution >= 0.6 is 22.9 Å². The van der Waals surface area contributed by atoms with Crippen molar-refractivity contribution in [1.29, 1.82) is 0 Å². The van der Waals surface area contributed by atoms with Gasteiger partial charge >= 0.3 is 5.97 Å². The first-order chi connectivity index (χ1) is 10.1. The number of anilines is 1. The van der Waals surface area contributed by atoms with Crippen LogP contribution in [0.25, 0.3) is 10.9 Å². The Morgan fingerprint density at radius 2 is 2.05 bits per heavy atom. The first-order valence-electron chi connectivity index (χ1n) is 6.11. The maximum Gasteiger partial charge on any atom is 0.374 e. The van der Waals surface area contributed by atoms with Crippen LogP contribution in [0.15, 0.2) is 36.4 Å². The van der Waals surface area contributed by atoms with E-state index in [1.807, 2.05) is 30.3 Å². The number of rotatable bonds is 4. The number of hydrogen-bond donors (Lipinski definition) is 2. The Kier molecular flexibility index (Phi) is 3.72. The van der Waals surface area contributed by atoms with E-state index in [9.17, 15) is 4.79 Å². The van der Waals surface area contributed by atoms with Gasteiger partial charge in [0.15, 0.2) is 0 Å². The molecule has 0 spiro atoms. The summed E-state index contributed by atoms with van der Waals surface area (Å²) < 4.78 is 0.713. The summed E-state index contributed by atoms with van der Waals surface area (Å²) >= 11 is 7.36. The van der Waals surface area contributed by atoms with Crippen LogP contribution in [0.2, 0.25) is 4.34 Å². The number of fused-ring (bicyclic) bond motifs is 1. The molecule has 0 bridgehead atoms. The number of nitrogens with zero attached hydrogens (tertiary/aromatic N) is 2. The van der Waals surface area contributed by atoms with Crippen LogP contribution in [0, 0.1) is 0 Å². The minimum atomic E-state index is -1.15. The fraction of sp³-hybridized carbons (Fsp3) is 0.0714. The van der Waals surface area contributed by atoms with E-state index in [2.05, 4.69) is 15.3 Å². The molecule has 1 aromatic carbocycles. The van der Waals surface area contributed by atoms with Gasteiger partial charge in [0.2, 0.25) is 5.82 Å². The lowest BCUT2D eigenvalue weighted by atomic mass is 10.2. The number of benzene rings is 1. The zero-order valence-electron chi connectivity index (χ0n) is 10.7. The van der Waals surface area contributed by atoms with Gasteiger partial charge in [-0.3, -0.25) is 0 Å². The number of carboxylic acids is 1. The normalized spacial score (nSPS) is 10.7. The van der Waals surface area contributed by atoms with Crippen molar-refractivity contribution in [2.75, 3.05) is 5.32 Å². The predicted octanol–water partition coefficient (Wildman–Crippen LogP) is 3.66. The molecule has 5 nitrogen and oxygen atoms in total. The molecule has 0 fully saturated rings. The molecule has 106 valence electrons. The van der Waals surface area contributed by atoms with Crippen LogP contribution in [0.5, 0.6) is 0 Å². The van der Waals surface area contributed by atoms with Gasteiger partial charge in [-0.2, -0.15) is 0 Å². The predicted molar refractivity (Wildman–Crippen MR) is 83.2 cm³/mol. The van der Waals surface area contributed by atoms with Gasteiger partial charge in [0, 0.05) is 10.3 Å². The number of aromatic nitrogens is 2. The van der Waals surface area contributed by atoms with E-state index in [0.29, 0.717) is 22.2 Å². The van der Waals surface area contributed by atoms with Crippen LogP contribution in [0.1, 0.15) is 15.5 Å². The Morgan fingerprint density at radius 3 is 2.76 bits per heavy atom. The summed E-state index contributed by atoms with van der Waals surface area (Å²) in [5.74, 6) is -0.870. The summed E-state index contributed by atoms with van der Waals surface area (Å²) in [6.07, 6.45) is 0. The van der Waals surface area contributed by atoms with Crippen molar-refractivity contribution in [1.82, 2.24) is 9.97 Å². The molecule has 0 radical (unpaired) electrons. The molecule has 0 saturated carbocycles. The molecule has 0 atom stereocenters. The fourth-order valence-electron chi connectivity index (χ4n) is 1.92. The quantitative estimate of drug-likeness (QED) is 0.767. The van der Waals surface area contributed by atoms with Gasteiger partial charge in [0.1, 0.15) is 5.82 Å². The number of thiophene rings is 1. The second-order valence-corrected chi connectivity index (χ2v) is 6.08. The van der Waals surface area contributed by atoms with Crippen molar-refractivity contribution in [2.24, 2.45) is 0 Å². The molecule has 0 aliphatic carbocycles. The number of carbonyl (C=O) groups is 1. The standard InChI is InChI=1S/C14H10ClN3O2S/c15-11-6-5-8(21-11)7-16-12-9-3-1-2-4-10(9)17-13(18-12)14(19)20/h1-6H,7H2,(H,19,20)(H,16,17,18). The van der Waals surface area contributed by atoms with E-state index in [1.165, 1.54) is 11.3 Å². The van der Waals surface area contributed by atoms with Crippen molar-refractivity contribution in [2.45, 2.75) is 6.54 Å². The summed E-state index contributed by atoms with van der Waals surface area (Å²) in [7, 11) is 0. The van der Waals surface area contributed by atoms with Crippen LogP contribution in [-0.4, -0.2) is 21.0 Å². The lowest BCUT2D eigenvalue weighted by Gasteiger charge is -2.08. The summed E-state index contributed by atoms with van der Waals surface area (Å²) in [4.78, 5) is 20.2. The molecule has 0 unspecified atom stereocenters. The van der Waals surface area contributed by atoms with Gasteiger partial charge in [-0.15, -0.1) is 11.3 Å². The third kappa shape index (κ3) is 2.96. The Labute approximate surface area is 129 Å². The molecular weight excluding hydrogens is 310 g/mol. The molecule has 3 aromatic rings. The Morgan fingerprint density at radius 1 is 1.24 bits per heavy atom. The van der Waals surface area contributed by atoms with Crippen molar-refractivity contribution in [3.05, 3.63) is 51.4 Å². The monoisotopic (exact) mass is 319 g/mol. The van der Waals surface area contributed by atoms with E-state index in [-0.39, 0.29) is 5.82 Å². The lowest BCUT2D eigenvalue weighted by Crippen LogP contribution is -2.09. The average molecular weight is 320 g/mol. The van der Waals surface area contributed by atoms with E-state index < -0.39 is 5.97 Å². The number of halogens is 1. The van der Waals surface area contributed by atoms with Crippen LogP contribution in [0.3, 0.4) is 0 Å². The summed E-state index contributed by atoms with van der Waals surface area (Å²) in [6, 6.07) is 11.0. The van der Waals surface area contributed by atoms with Gasteiger partial charge < -0.3 is 10.4 Å². The van der Waals surface area contributed by atoms with Crippen molar-refractivity contribution in [3.63, 3.8) is 0 Å². The molecule has 0 aliphatic rings. The molecular formula is C14H10ClN3O2S. The highest BCUT2D eigenvalue weighted by Crippen LogP contribution is 2.24. The fourth-order valence-corrected chi connectivity index (χ4v) is 2.95. The zero-order valence-corrected chi connectivity index (χ0v) is 12.3. The van der Waals surface area contributed by atoms with Gasteiger partial charge in [0.05, 0.1) is 16.4 Å². The Hall–Kier alpha value is -2.18. The zero-order chi connectivity index (χ0) is 14.8. The number of para-hydroxylation sites is 1. The second kappa shape index (κ2) is 5.67. The number of carboxylic acid groups (broad SMARTS) is 1. The number of aromatic carboxylic acids is 1. The smallest absolute Gasteiger partial charge is 0.374 e. The molecule has 2 heterocycles. The van der Waals surface area contributed by atoms with Gasteiger partial charge in [-0.1, -0.05) is 23.7 Å². The number of hydrogen-bond acceptors (Lipinski definition) is 5. The topological polar surface area (TPSA) is 75.1 Å². The van der Waals surface area contributed by atoms with Gasteiger partial charge in [0.25, 0.3) is 0 Å². The highest BCUT2D eigenvalue weighted by molar-refractivity contribution is 7.16. The maximum atomic E-state index is 11.1. The highest BCUT2D eigenvalue weighted by atomic mass is 35.5. The first-order valence-corrected chi connectivity index (χ1v) is 7.31. The van der Waals surface area contributed by atoms with Crippen molar-refractivity contribution < 1.29 is 9.90 Å². The van der Waals surface area contributed by atoms with Crippen LogP contribution in [-0.2, 0) is 6.54 Å². The minimum Gasteiger partial charge on any atom is -0.475 e. The van der Waals surface area contributed by atoms with Crippen LogP contribution in [0.4, 0.5) is 5.82 Å². The third-order valence-corrected chi connectivity index (χ3v) is 4.08. The van der Waals surface area contributed by atoms with E-state index in [1.54, 1.807) is 6.07 Å². The Bertz CT molecular complexity index is 819. The van der Waals surface area contributed by atoms with Crippen LogP contribution < -0.4 is 5.32 Å². The largest absolute Gasteiger partial charge is 0.475 e. The van der Waals surface area contributed by atoms with E-state index in [4.69, 9.17) is 16.7 Å². The molecule has 0 amide bonds. The first kappa shape index (κ1) is 13.8. The summed E-state index contributed by atoms with van der Waals surface area (Å²) in [6.45, 7) is 0.525. The maximum absolute atomic E-state index is 11.1. The van der Waals surface area contributed by atoms with Gasteiger partial charge in [-0.05, 0) is 24.3 Å². The summed E-state index contributed by atoms with van der Waals surface area (Å²) in [5, 5.41) is 13.0. The summed E-state index contributed by atoms with van der Waals surface area (Å²) in [5.41, 5.74) is 0.594. The average Bonchev–Trinajstić information content (AvgIpc) is 2.90. The minimum absolute atomic E-state index is 0.222. The molecule has 2 N–H and O–H groups in total. The van der Waals surface area contributed by atoms with E-state index in [0.717, 1.165) is 10.3 Å². The Balaban J connectivity index is 1.97. The molecule has 0 saturated heterocycles. The molecule has 21 heavy (non-hydrogen) atoms. The van der Waals surface area contributed by atoms with Crippen molar-refractivity contribution in [3.8, 4) is 0 Å². The lowest BCUT2D eigenvalue weighted by molar-refractivity contribution is 0.0684. The molecule has 2 aromatic heterocycles. The van der Waals surface area contributed by atoms with E-state index >= 15 is 0 Å². The number of nitrogens with one attached hydrogen (secondary N) is 1. The third-order valence-electron chi connectivity index (χ3n) is 2.85. The molecule has 0 aliphatic heterocycles. The second-order valence-electron chi connectivity index (χ2n) is 4.28. The van der Waals surface area contributed by atoms with Gasteiger partial charge in [-0.25, -0.2) is 14.8 Å². The molecule has 7 heteroatoms. The highest BCUT2D eigenvalue weighted by Gasteiger charge is 2.12. The van der Waals surface area contributed by atoms with Crippen molar-refractivity contribution >= 4 is 45.6 Å².